The Labute approximate surface area is 116 Å². The van der Waals surface area contributed by atoms with E-state index in [0.717, 1.165) is 24.9 Å². The number of halogens is 1. The van der Waals surface area contributed by atoms with Crippen molar-refractivity contribution >= 4 is 23.6 Å². The Morgan fingerprint density at radius 1 is 1.47 bits per heavy atom. The van der Waals surface area contributed by atoms with Gasteiger partial charge in [-0.15, -0.1) is 0 Å². The van der Waals surface area contributed by atoms with E-state index in [2.05, 4.69) is 9.69 Å². The number of nitrogens with zero attached hydrogens (tertiary/aromatic N) is 3. The smallest absolute Gasteiger partial charge is 0.328 e. The van der Waals surface area contributed by atoms with Crippen LogP contribution >= 0.6 is 11.6 Å². The number of hydrogen-bond acceptors (Lipinski definition) is 3. The number of Topliss-reactive ketones (excluding diaryl/α,β-unsaturated/α-hetero) is 1. The Bertz CT molecular complexity index is 521. The first-order chi connectivity index (χ1) is 9.20. The monoisotopic (exact) mass is 279 g/mol. The molecule has 2 rings (SSSR count). The summed E-state index contributed by atoms with van der Waals surface area (Å²) in [6.07, 6.45) is 0.877. The van der Waals surface area contributed by atoms with Gasteiger partial charge in [-0.05, 0) is 23.8 Å². The van der Waals surface area contributed by atoms with Crippen LogP contribution in [0.1, 0.15) is 15.9 Å². The summed E-state index contributed by atoms with van der Waals surface area (Å²) in [5.74, 6) is -0.345. The summed E-state index contributed by atoms with van der Waals surface area (Å²) in [5, 5.41) is 0.629. The standard InChI is InChI=1S/C13H14ClN3O2/c14-12-2-1-10(13(18)8-16-15)7-11(12)9-17-3-5-19-6-4-17/h1-2,7-8H,3-6,9H2. The molecule has 0 amide bonds. The summed E-state index contributed by atoms with van der Waals surface area (Å²) in [6.45, 7) is 3.82. The number of rotatable bonds is 4. The van der Waals surface area contributed by atoms with E-state index in [0.29, 0.717) is 30.3 Å². The number of benzene rings is 1. The van der Waals surface area contributed by atoms with Crippen LogP contribution in [0.15, 0.2) is 18.2 Å². The molecule has 0 radical (unpaired) electrons. The van der Waals surface area contributed by atoms with Gasteiger partial charge in [0, 0.05) is 30.2 Å². The molecular weight excluding hydrogens is 266 g/mol. The Kier molecular flexibility index (Phi) is 4.82. The Hall–Kier alpha value is -1.52. The first kappa shape index (κ1) is 13.9. The van der Waals surface area contributed by atoms with Crippen molar-refractivity contribution in [3.63, 3.8) is 0 Å². The molecule has 1 heterocycles. The minimum absolute atomic E-state index is 0.345. The van der Waals surface area contributed by atoms with Crippen LogP contribution in [0.5, 0.6) is 0 Å². The highest BCUT2D eigenvalue weighted by Crippen LogP contribution is 2.20. The first-order valence-corrected chi connectivity index (χ1v) is 6.39. The van der Waals surface area contributed by atoms with Gasteiger partial charge in [0.2, 0.25) is 0 Å². The van der Waals surface area contributed by atoms with Crippen molar-refractivity contribution in [3.05, 3.63) is 39.9 Å². The average molecular weight is 280 g/mol. The molecule has 5 nitrogen and oxygen atoms in total. The molecule has 1 aromatic rings. The molecule has 100 valence electrons. The second kappa shape index (κ2) is 6.59. The topological polar surface area (TPSA) is 65.9 Å². The maximum absolute atomic E-state index is 11.6. The summed E-state index contributed by atoms with van der Waals surface area (Å²) in [4.78, 5) is 16.6. The summed E-state index contributed by atoms with van der Waals surface area (Å²) < 4.78 is 5.29. The van der Waals surface area contributed by atoms with Gasteiger partial charge < -0.3 is 10.3 Å². The van der Waals surface area contributed by atoms with Crippen LogP contribution < -0.4 is 0 Å². The number of morpholine rings is 1. The predicted molar refractivity (Wildman–Crippen MR) is 71.6 cm³/mol. The third-order valence-corrected chi connectivity index (χ3v) is 3.37. The minimum Gasteiger partial charge on any atom is -0.379 e. The van der Waals surface area contributed by atoms with Crippen LogP contribution in [0.2, 0.25) is 5.02 Å². The highest BCUT2D eigenvalue weighted by molar-refractivity contribution is 6.34. The zero-order valence-electron chi connectivity index (χ0n) is 10.4. The summed E-state index contributed by atoms with van der Waals surface area (Å²) >= 11 is 6.14. The SMILES string of the molecule is [N-]=[N+]=CC(=O)c1ccc(Cl)c(CN2CCOCC2)c1. The van der Waals surface area contributed by atoms with Crippen LogP contribution in [-0.2, 0) is 11.3 Å². The van der Waals surface area contributed by atoms with Crippen molar-refractivity contribution in [2.45, 2.75) is 6.54 Å². The fraction of sp³-hybridized carbons (Fsp3) is 0.385. The lowest BCUT2D eigenvalue weighted by Gasteiger charge is -2.27. The zero-order valence-corrected chi connectivity index (χ0v) is 11.1. The van der Waals surface area contributed by atoms with Gasteiger partial charge in [0.1, 0.15) is 0 Å². The lowest BCUT2D eigenvalue weighted by Crippen LogP contribution is -2.35. The second-order valence-electron chi connectivity index (χ2n) is 4.30. The van der Waals surface area contributed by atoms with E-state index in [1.54, 1.807) is 18.2 Å². The van der Waals surface area contributed by atoms with Crippen LogP contribution in [0.3, 0.4) is 0 Å². The van der Waals surface area contributed by atoms with Gasteiger partial charge >= 0.3 is 6.21 Å². The molecule has 19 heavy (non-hydrogen) atoms. The maximum atomic E-state index is 11.6. The van der Waals surface area contributed by atoms with Crippen LogP contribution in [0, 0.1) is 0 Å². The van der Waals surface area contributed by atoms with Gasteiger partial charge in [0.05, 0.1) is 13.2 Å². The summed E-state index contributed by atoms with van der Waals surface area (Å²) in [5.41, 5.74) is 9.74. The van der Waals surface area contributed by atoms with E-state index in [9.17, 15) is 4.79 Å². The Morgan fingerprint density at radius 2 is 2.21 bits per heavy atom. The van der Waals surface area contributed by atoms with Crippen LogP contribution in [0.25, 0.3) is 5.53 Å². The summed E-state index contributed by atoms with van der Waals surface area (Å²) in [7, 11) is 0. The number of ketones is 1. The van der Waals surface area contributed by atoms with E-state index in [1.807, 2.05) is 0 Å². The van der Waals surface area contributed by atoms with Crippen molar-refractivity contribution in [2.24, 2.45) is 0 Å². The van der Waals surface area contributed by atoms with E-state index >= 15 is 0 Å². The molecule has 0 unspecified atom stereocenters. The van der Waals surface area contributed by atoms with Crippen molar-refractivity contribution in [2.75, 3.05) is 26.3 Å². The van der Waals surface area contributed by atoms with Crippen molar-refractivity contribution in [1.82, 2.24) is 4.90 Å². The van der Waals surface area contributed by atoms with Gasteiger partial charge in [-0.2, -0.15) is 4.79 Å². The number of ether oxygens (including phenoxy) is 1. The molecule has 1 aliphatic rings. The fourth-order valence-corrected chi connectivity index (χ4v) is 2.15. The van der Waals surface area contributed by atoms with Crippen LogP contribution in [0.4, 0.5) is 0 Å². The molecular formula is C13H14ClN3O2. The van der Waals surface area contributed by atoms with Gasteiger partial charge in [0.25, 0.3) is 5.78 Å². The average Bonchev–Trinajstić information content (AvgIpc) is 2.42. The molecule has 1 fully saturated rings. The highest BCUT2D eigenvalue weighted by atomic mass is 35.5. The zero-order chi connectivity index (χ0) is 13.7. The van der Waals surface area contributed by atoms with E-state index < -0.39 is 0 Å². The normalized spacial score (nSPS) is 15.8. The lowest BCUT2D eigenvalue weighted by atomic mass is 10.1. The van der Waals surface area contributed by atoms with Gasteiger partial charge in [-0.3, -0.25) is 9.69 Å². The fourth-order valence-electron chi connectivity index (χ4n) is 1.98. The lowest BCUT2D eigenvalue weighted by molar-refractivity contribution is 0.00234. The highest BCUT2D eigenvalue weighted by Gasteiger charge is 2.15. The molecule has 1 aliphatic heterocycles. The van der Waals surface area contributed by atoms with Crippen molar-refractivity contribution < 1.29 is 14.3 Å². The largest absolute Gasteiger partial charge is 0.379 e. The molecule has 6 heteroatoms. The third-order valence-electron chi connectivity index (χ3n) is 3.00. The molecule has 0 aromatic heterocycles. The molecule has 0 spiro atoms. The third kappa shape index (κ3) is 3.72. The van der Waals surface area contributed by atoms with Gasteiger partial charge in [0.15, 0.2) is 0 Å². The van der Waals surface area contributed by atoms with E-state index in [1.165, 1.54) is 0 Å². The molecule has 0 atom stereocenters. The quantitative estimate of drug-likeness (QED) is 0.364. The molecule has 0 aliphatic carbocycles. The minimum atomic E-state index is -0.345. The van der Waals surface area contributed by atoms with Crippen molar-refractivity contribution in [3.8, 4) is 0 Å². The summed E-state index contributed by atoms with van der Waals surface area (Å²) in [6, 6.07) is 5.05. The Morgan fingerprint density at radius 3 is 2.89 bits per heavy atom. The van der Waals surface area contributed by atoms with Gasteiger partial charge in [-0.25, -0.2) is 0 Å². The molecule has 1 saturated heterocycles. The van der Waals surface area contributed by atoms with Crippen molar-refractivity contribution in [1.29, 1.82) is 0 Å². The molecule has 0 saturated carbocycles. The van der Waals surface area contributed by atoms with E-state index in [4.69, 9.17) is 21.9 Å². The number of carbonyl (C=O) groups is 1. The maximum Gasteiger partial charge on any atom is 0.328 e. The Balaban J connectivity index is 2.16. The second-order valence-corrected chi connectivity index (χ2v) is 4.71. The van der Waals surface area contributed by atoms with Crippen LogP contribution in [-0.4, -0.2) is 48.0 Å². The molecule has 0 bridgehead atoms. The molecule has 0 N–H and O–H groups in total. The first-order valence-electron chi connectivity index (χ1n) is 6.01. The number of hydrogen-bond donors (Lipinski definition) is 0. The number of carbonyl (C=O) groups excluding carboxylic acids is 1. The van der Waals surface area contributed by atoms with E-state index in [-0.39, 0.29) is 5.78 Å². The van der Waals surface area contributed by atoms with Gasteiger partial charge in [-0.1, -0.05) is 11.6 Å². The predicted octanol–water partition coefficient (Wildman–Crippen LogP) is 1.66. The molecule has 1 aromatic carbocycles.